The van der Waals surface area contributed by atoms with Crippen LogP contribution in [0.2, 0.25) is 18.1 Å². The monoisotopic (exact) mass is 292 g/mol. The second-order valence-corrected chi connectivity index (χ2v) is 10.9. The standard InChI is InChI=1S/C11H21BrO2Si/c1-11(2,3)15(4,5)13-8-10-9(14-10)6-7-12/h6-7,9-10H,8H2,1-5H3/b7-6+. The third-order valence-corrected chi connectivity index (χ3v) is 8.10. The van der Waals surface area contributed by atoms with E-state index in [1.54, 1.807) is 0 Å². The van der Waals surface area contributed by atoms with Gasteiger partial charge in [-0.15, -0.1) is 0 Å². The van der Waals surface area contributed by atoms with E-state index >= 15 is 0 Å². The van der Waals surface area contributed by atoms with Gasteiger partial charge in [0.2, 0.25) is 0 Å². The molecule has 15 heavy (non-hydrogen) atoms. The molecular formula is C11H21BrO2Si. The zero-order valence-corrected chi connectivity index (χ0v) is 12.8. The minimum atomic E-state index is -1.60. The molecule has 1 fully saturated rings. The van der Waals surface area contributed by atoms with E-state index in [2.05, 4.69) is 49.8 Å². The summed E-state index contributed by atoms with van der Waals surface area (Å²) in [5.41, 5.74) is 0. The summed E-state index contributed by atoms with van der Waals surface area (Å²) in [6.07, 6.45) is 2.54. The van der Waals surface area contributed by atoms with E-state index in [1.807, 2.05) is 11.1 Å². The molecule has 1 aliphatic rings. The van der Waals surface area contributed by atoms with E-state index in [1.165, 1.54) is 0 Å². The Balaban J connectivity index is 2.33. The molecule has 0 amide bonds. The zero-order valence-electron chi connectivity index (χ0n) is 10.2. The number of ether oxygens (including phenoxy) is 1. The summed E-state index contributed by atoms with van der Waals surface area (Å²) in [4.78, 5) is 1.85. The number of rotatable bonds is 4. The first-order chi connectivity index (χ1) is 6.78. The lowest BCUT2D eigenvalue weighted by atomic mass is 10.2. The predicted octanol–water partition coefficient (Wildman–Crippen LogP) is 3.68. The Kier molecular flexibility index (Phi) is 4.20. The van der Waals surface area contributed by atoms with Crippen molar-refractivity contribution in [3.05, 3.63) is 11.1 Å². The third-order valence-electron chi connectivity index (χ3n) is 3.30. The maximum atomic E-state index is 6.06. The molecule has 1 saturated heterocycles. The molecular weight excluding hydrogens is 272 g/mol. The van der Waals surface area contributed by atoms with Crippen LogP contribution in [0.4, 0.5) is 0 Å². The largest absolute Gasteiger partial charge is 0.414 e. The predicted molar refractivity (Wildman–Crippen MR) is 69.9 cm³/mol. The molecule has 0 saturated carbocycles. The van der Waals surface area contributed by atoms with E-state index in [0.29, 0.717) is 0 Å². The first kappa shape index (κ1) is 13.4. The first-order valence-electron chi connectivity index (χ1n) is 5.34. The quantitative estimate of drug-likeness (QED) is 0.582. The Morgan fingerprint density at radius 1 is 1.40 bits per heavy atom. The van der Waals surface area contributed by atoms with Gasteiger partial charge in [0.05, 0.1) is 6.61 Å². The average molecular weight is 293 g/mol. The highest BCUT2D eigenvalue weighted by atomic mass is 79.9. The highest BCUT2D eigenvalue weighted by Gasteiger charge is 2.42. The van der Waals surface area contributed by atoms with Crippen LogP contribution in [0, 0.1) is 0 Å². The van der Waals surface area contributed by atoms with Crippen molar-refractivity contribution >= 4 is 24.2 Å². The number of epoxide rings is 1. The van der Waals surface area contributed by atoms with Gasteiger partial charge in [-0.05, 0) is 29.2 Å². The van der Waals surface area contributed by atoms with Crippen LogP contribution >= 0.6 is 15.9 Å². The molecule has 0 aromatic carbocycles. The maximum Gasteiger partial charge on any atom is 0.192 e. The zero-order chi connectivity index (χ0) is 11.7. The summed E-state index contributed by atoms with van der Waals surface area (Å²) in [5.74, 6) is 0. The van der Waals surface area contributed by atoms with E-state index in [-0.39, 0.29) is 17.2 Å². The Morgan fingerprint density at radius 2 is 2.00 bits per heavy atom. The van der Waals surface area contributed by atoms with E-state index in [0.717, 1.165) is 6.61 Å². The molecule has 0 aromatic heterocycles. The summed E-state index contributed by atoms with van der Waals surface area (Å²) in [5, 5.41) is 0.280. The molecule has 0 spiro atoms. The van der Waals surface area contributed by atoms with Crippen molar-refractivity contribution in [3.63, 3.8) is 0 Å². The maximum absolute atomic E-state index is 6.06. The van der Waals surface area contributed by atoms with Gasteiger partial charge >= 0.3 is 0 Å². The highest BCUT2D eigenvalue weighted by Crippen LogP contribution is 2.37. The van der Waals surface area contributed by atoms with Crippen LogP contribution in [0.5, 0.6) is 0 Å². The van der Waals surface area contributed by atoms with Gasteiger partial charge in [-0.25, -0.2) is 0 Å². The molecule has 4 heteroatoms. The molecule has 1 aliphatic heterocycles. The molecule has 0 aliphatic carbocycles. The minimum Gasteiger partial charge on any atom is -0.414 e. The SMILES string of the molecule is CC(C)(C)[Si](C)(C)OCC1OC1/C=C/Br. The first-order valence-corrected chi connectivity index (χ1v) is 9.16. The topological polar surface area (TPSA) is 21.8 Å². The van der Waals surface area contributed by atoms with Crippen LogP contribution in [0.25, 0.3) is 0 Å². The third kappa shape index (κ3) is 3.70. The lowest BCUT2D eigenvalue weighted by molar-refractivity contribution is 0.242. The summed E-state index contributed by atoms with van der Waals surface area (Å²) in [7, 11) is -1.60. The van der Waals surface area contributed by atoms with Crippen molar-refractivity contribution in [2.24, 2.45) is 0 Å². The molecule has 1 heterocycles. The van der Waals surface area contributed by atoms with Crippen LogP contribution in [0.15, 0.2) is 11.1 Å². The van der Waals surface area contributed by atoms with Crippen molar-refractivity contribution < 1.29 is 9.16 Å². The molecule has 1 rings (SSSR count). The van der Waals surface area contributed by atoms with Crippen molar-refractivity contribution in [2.45, 2.75) is 51.1 Å². The van der Waals surface area contributed by atoms with E-state index in [4.69, 9.17) is 9.16 Å². The van der Waals surface area contributed by atoms with Gasteiger partial charge in [-0.2, -0.15) is 0 Å². The lowest BCUT2D eigenvalue weighted by Crippen LogP contribution is -2.41. The molecule has 88 valence electrons. The molecule has 0 radical (unpaired) electrons. The van der Waals surface area contributed by atoms with Crippen molar-refractivity contribution in [2.75, 3.05) is 6.61 Å². The van der Waals surface area contributed by atoms with Crippen LogP contribution in [0.1, 0.15) is 20.8 Å². The van der Waals surface area contributed by atoms with Gasteiger partial charge < -0.3 is 9.16 Å². The fourth-order valence-electron chi connectivity index (χ4n) is 1.04. The number of hydrogen-bond donors (Lipinski definition) is 0. The molecule has 2 unspecified atom stereocenters. The fraction of sp³-hybridized carbons (Fsp3) is 0.818. The van der Waals surface area contributed by atoms with Crippen molar-refractivity contribution in [3.8, 4) is 0 Å². The fourth-order valence-corrected chi connectivity index (χ4v) is 2.35. The van der Waals surface area contributed by atoms with Crippen LogP contribution in [-0.2, 0) is 9.16 Å². The van der Waals surface area contributed by atoms with Crippen LogP contribution < -0.4 is 0 Å². The van der Waals surface area contributed by atoms with Crippen molar-refractivity contribution in [1.82, 2.24) is 0 Å². The number of hydrogen-bond acceptors (Lipinski definition) is 2. The summed E-state index contributed by atoms with van der Waals surface area (Å²) >= 11 is 3.25. The average Bonchev–Trinajstić information content (AvgIpc) is 2.79. The van der Waals surface area contributed by atoms with Gasteiger partial charge in [0, 0.05) is 0 Å². The summed E-state index contributed by atoms with van der Waals surface area (Å²) in [6, 6.07) is 0. The summed E-state index contributed by atoms with van der Waals surface area (Å²) < 4.78 is 11.5. The molecule has 0 bridgehead atoms. The Hall–Kier alpha value is 0.357. The van der Waals surface area contributed by atoms with Gasteiger partial charge in [-0.1, -0.05) is 36.7 Å². The van der Waals surface area contributed by atoms with Gasteiger partial charge in [-0.3, -0.25) is 0 Å². The second kappa shape index (κ2) is 4.70. The van der Waals surface area contributed by atoms with Gasteiger partial charge in [0.1, 0.15) is 12.2 Å². The van der Waals surface area contributed by atoms with E-state index < -0.39 is 8.32 Å². The van der Waals surface area contributed by atoms with Gasteiger partial charge in [0.15, 0.2) is 8.32 Å². The molecule has 2 atom stereocenters. The smallest absolute Gasteiger partial charge is 0.192 e. The van der Waals surface area contributed by atoms with Crippen LogP contribution in [-0.4, -0.2) is 27.1 Å². The van der Waals surface area contributed by atoms with E-state index in [9.17, 15) is 0 Å². The second-order valence-electron chi connectivity index (χ2n) is 5.53. The van der Waals surface area contributed by atoms with Crippen molar-refractivity contribution in [1.29, 1.82) is 0 Å². The Morgan fingerprint density at radius 3 is 2.47 bits per heavy atom. The van der Waals surface area contributed by atoms with Crippen LogP contribution in [0.3, 0.4) is 0 Å². The Bertz CT molecular complexity index is 245. The highest BCUT2D eigenvalue weighted by molar-refractivity contribution is 9.11. The normalized spacial score (nSPS) is 27.3. The lowest BCUT2D eigenvalue weighted by Gasteiger charge is -2.35. The molecule has 0 N–H and O–H groups in total. The minimum absolute atomic E-state index is 0.258. The molecule has 2 nitrogen and oxygen atoms in total. The molecule has 0 aromatic rings. The number of halogens is 1. The Labute approximate surface area is 102 Å². The van der Waals surface area contributed by atoms with Gasteiger partial charge in [0.25, 0.3) is 0 Å². The summed E-state index contributed by atoms with van der Waals surface area (Å²) in [6.45, 7) is 12.0.